The highest BCUT2D eigenvalue weighted by Crippen LogP contribution is 2.38. The number of likely N-dealkylation sites (tertiary alicyclic amines) is 1. The number of halogens is 1. The van der Waals surface area contributed by atoms with Crippen LogP contribution in [0.3, 0.4) is 0 Å². The normalized spacial score (nSPS) is 17.9. The monoisotopic (exact) mass is 453 g/mol. The van der Waals surface area contributed by atoms with E-state index in [0.717, 1.165) is 48.4 Å². The Hall–Kier alpha value is -3.06. The van der Waals surface area contributed by atoms with Crippen molar-refractivity contribution in [3.05, 3.63) is 58.9 Å². The Labute approximate surface area is 191 Å². The van der Waals surface area contributed by atoms with E-state index in [1.807, 2.05) is 35.2 Å². The summed E-state index contributed by atoms with van der Waals surface area (Å²) in [6, 6.07) is 13.3. The van der Waals surface area contributed by atoms with E-state index < -0.39 is 0 Å². The first kappa shape index (κ1) is 20.8. The molecule has 2 aliphatic heterocycles. The third-order valence-corrected chi connectivity index (χ3v) is 6.10. The maximum Gasteiger partial charge on any atom is 0.227 e. The largest absolute Gasteiger partial charge is 0.490 e. The summed E-state index contributed by atoms with van der Waals surface area (Å²) in [5.41, 5.74) is 1.91. The van der Waals surface area contributed by atoms with Crippen molar-refractivity contribution in [3.8, 4) is 22.9 Å². The molecule has 2 aliphatic rings. The van der Waals surface area contributed by atoms with Gasteiger partial charge < -0.3 is 18.9 Å². The second kappa shape index (κ2) is 9.20. The van der Waals surface area contributed by atoms with Crippen LogP contribution in [0, 0.1) is 0 Å². The number of amides is 1. The molecule has 0 radical (unpaired) electrons. The lowest BCUT2D eigenvalue weighted by Gasteiger charge is -2.25. The fraction of sp³-hybridized carbons (Fsp3) is 0.375. The van der Waals surface area contributed by atoms with E-state index in [2.05, 4.69) is 10.1 Å². The van der Waals surface area contributed by atoms with Crippen LogP contribution in [0.5, 0.6) is 11.5 Å². The van der Waals surface area contributed by atoms with Crippen molar-refractivity contribution in [2.45, 2.75) is 38.1 Å². The zero-order valence-electron chi connectivity index (χ0n) is 17.6. The minimum Gasteiger partial charge on any atom is -0.490 e. The third-order valence-electron chi connectivity index (χ3n) is 5.85. The molecule has 0 aliphatic carbocycles. The average Bonchev–Trinajstić information content (AvgIpc) is 3.43. The summed E-state index contributed by atoms with van der Waals surface area (Å²) in [6.45, 7) is 2.06. The first-order valence-corrected chi connectivity index (χ1v) is 11.3. The van der Waals surface area contributed by atoms with Gasteiger partial charge in [0, 0.05) is 36.4 Å². The van der Waals surface area contributed by atoms with Crippen LogP contribution < -0.4 is 9.47 Å². The Balaban J connectivity index is 1.24. The summed E-state index contributed by atoms with van der Waals surface area (Å²) >= 11 is 5.93. The summed E-state index contributed by atoms with van der Waals surface area (Å²) in [6.07, 6.45) is 3.51. The predicted octanol–water partition coefficient (Wildman–Crippen LogP) is 4.85. The Kier molecular flexibility index (Phi) is 5.99. The maximum absolute atomic E-state index is 13.0. The molecule has 32 heavy (non-hydrogen) atoms. The fourth-order valence-corrected chi connectivity index (χ4v) is 4.36. The van der Waals surface area contributed by atoms with E-state index in [0.29, 0.717) is 42.8 Å². The molecule has 0 unspecified atom stereocenters. The van der Waals surface area contributed by atoms with Gasteiger partial charge in [0.25, 0.3) is 0 Å². The molecule has 1 aromatic heterocycles. The second-order valence-electron chi connectivity index (χ2n) is 8.02. The van der Waals surface area contributed by atoms with Gasteiger partial charge in [0.05, 0.1) is 19.3 Å². The SMILES string of the molecule is O=C(CCc1nc(-c2ccc(Cl)cc2)no1)N1CCC[C@H]1c1ccc2c(c1)OCCCO2. The molecule has 3 aromatic rings. The highest BCUT2D eigenvalue weighted by molar-refractivity contribution is 6.30. The van der Waals surface area contributed by atoms with Gasteiger partial charge in [-0.1, -0.05) is 22.8 Å². The molecule has 1 amide bonds. The van der Waals surface area contributed by atoms with E-state index in [9.17, 15) is 4.79 Å². The molecular weight excluding hydrogens is 430 g/mol. The smallest absolute Gasteiger partial charge is 0.227 e. The summed E-state index contributed by atoms with van der Waals surface area (Å²) in [5, 5.41) is 4.67. The van der Waals surface area contributed by atoms with Crippen molar-refractivity contribution in [1.82, 2.24) is 15.0 Å². The summed E-state index contributed by atoms with van der Waals surface area (Å²) in [5.74, 6) is 2.57. The van der Waals surface area contributed by atoms with Gasteiger partial charge in [0.1, 0.15) is 0 Å². The van der Waals surface area contributed by atoms with Crippen molar-refractivity contribution in [1.29, 1.82) is 0 Å². The Bertz CT molecular complexity index is 1100. The number of hydrogen-bond donors (Lipinski definition) is 0. The van der Waals surface area contributed by atoms with Crippen molar-refractivity contribution < 1.29 is 18.8 Å². The molecule has 0 spiro atoms. The topological polar surface area (TPSA) is 77.7 Å². The molecule has 5 rings (SSSR count). The summed E-state index contributed by atoms with van der Waals surface area (Å²) in [7, 11) is 0. The molecule has 2 aromatic carbocycles. The lowest BCUT2D eigenvalue weighted by atomic mass is 10.0. The van der Waals surface area contributed by atoms with Crippen molar-refractivity contribution in [2.24, 2.45) is 0 Å². The van der Waals surface area contributed by atoms with E-state index in [-0.39, 0.29) is 11.9 Å². The highest BCUT2D eigenvalue weighted by atomic mass is 35.5. The molecule has 1 saturated heterocycles. The average molecular weight is 454 g/mol. The molecule has 8 heteroatoms. The molecule has 1 atom stereocenters. The first-order chi connectivity index (χ1) is 15.7. The van der Waals surface area contributed by atoms with Crippen LogP contribution in [-0.4, -0.2) is 40.7 Å². The minimum atomic E-state index is 0.0481. The molecule has 0 saturated carbocycles. The molecular formula is C24H24ClN3O4. The quantitative estimate of drug-likeness (QED) is 0.549. The molecule has 0 bridgehead atoms. The van der Waals surface area contributed by atoms with Crippen molar-refractivity contribution >= 4 is 17.5 Å². The number of carbonyl (C=O) groups is 1. The van der Waals surface area contributed by atoms with Gasteiger partial charge in [-0.2, -0.15) is 4.98 Å². The van der Waals surface area contributed by atoms with Crippen LogP contribution in [0.4, 0.5) is 0 Å². The third kappa shape index (κ3) is 4.43. The zero-order chi connectivity index (χ0) is 21.9. The van der Waals surface area contributed by atoms with Gasteiger partial charge in [-0.15, -0.1) is 0 Å². The number of nitrogens with zero attached hydrogens (tertiary/aromatic N) is 3. The number of ether oxygens (including phenoxy) is 2. The number of rotatable bonds is 5. The van der Waals surface area contributed by atoms with Crippen LogP contribution in [0.2, 0.25) is 5.02 Å². The Morgan fingerprint density at radius 2 is 1.88 bits per heavy atom. The number of aromatic nitrogens is 2. The molecule has 7 nitrogen and oxygen atoms in total. The van der Waals surface area contributed by atoms with Crippen LogP contribution in [-0.2, 0) is 11.2 Å². The van der Waals surface area contributed by atoms with E-state index >= 15 is 0 Å². The van der Waals surface area contributed by atoms with Gasteiger partial charge in [0.15, 0.2) is 11.5 Å². The molecule has 166 valence electrons. The van der Waals surface area contributed by atoms with E-state index in [4.69, 9.17) is 25.6 Å². The van der Waals surface area contributed by atoms with E-state index in [1.54, 1.807) is 12.1 Å². The first-order valence-electron chi connectivity index (χ1n) is 10.9. The van der Waals surface area contributed by atoms with Gasteiger partial charge in [-0.25, -0.2) is 0 Å². The van der Waals surface area contributed by atoms with E-state index in [1.165, 1.54) is 0 Å². The van der Waals surface area contributed by atoms with Gasteiger partial charge in [-0.05, 0) is 54.8 Å². The molecule has 0 N–H and O–H groups in total. The second-order valence-corrected chi connectivity index (χ2v) is 8.46. The van der Waals surface area contributed by atoms with Gasteiger partial charge >= 0.3 is 0 Å². The highest BCUT2D eigenvalue weighted by Gasteiger charge is 2.30. The summed E-state index contributed by atoms with van der Waals surface area (Å²) < 4.78 is 16.9. The summed E-state index contributed by atoms with van der Waals surface area (Å²) in [4.78, 5) is 19.4. The lowest BCUT2D eigenvalue weighted by Crippen LogP contribution is -2.30. The number of hydrogen-bond acceptors (Lipinski definition) is 6. The number of fused-ring (bicyclic) bond motifs is 1. The van der Waals surface area contributed by atoms with Crippen LogP contribution >= 0.6 is 11.6 Å². The zero-order valence-corrected chi connectivity index (χ0v) is 18.4. The fourth-order valence-electron chi connectivity index (χ4n) is 4.23. The van der Waals surface area contributed by atoms with Crippen molar-refractivity contribution in [3.63, 3.8) is 0 Å². The Morgan fingerprint density at radius 1 is 1.06 bits per heavy atom. The Morgan fingerprint density at radius 3 is 2.72 bits per heavy atom. The number of carbonyl (C=O) groups excluding carboxylic acids is 1. The van der Waals surface area contributed by atoms with Crippen molar-refractivity contribution in [2.75, 3.05) is 19.8 Å². The predicted molar refractivity (Wildman–Crippen MR) is 119 cm³/mol. The molecule has 3 heterocycles. The maximum atomic E-state index is 13.0. The number of benzene rings is 2. The van der Waals surface area contributed by atoms with Crippen LogP contribution in [0.15, 0.2) is 47.0 Å². The standard InChI is InChI=1S/C24H24ClN3O4/c25-18-7-4-16(5-8-18)24-26-22(32-27-24)10-11-23(29)28-12-1-3-19(28)17-6-9-20-21(15-17)31-14-2-13-30-20/h4-9,15,19H,1-3,10-14H2/t19-/m0/s1. The van der Waals surface area contributed by atoms with Gasteiger partial charge in [0.2, 0.25) is 17.6 Å². The minimum absolute atomic E-state index is 0.0481. The van der Waals surface area contributed by atoms with Gasteiger partial charge in [-0.3, -0.25) is 4.79 Å². The van der Waals surface area contributed by atoms with Crippen LogP contribution in [0.25, 0.3) is 11.4 Å². The number of aryl methyl sites for hydroxylation is 1. The lowest BCUT2D eigenvalue weighted by molar-refractivity contribution is -0.132. The van der Waals surface area contributed by atoms with Crippen LogP contribution in [0.1, 0.15) is 43.2 Å². The molecule has 1 fully saturated rings.